The number of anilines is 1. The first kappa shape index (κ1) is 14.9. The number of nitrogens with one attached hydrogen (secondary N) is 2. The molecule has 6 heteroatoms. The Morgan fingerprint density at radius 1 is 1.32 bits per heavy atom. The van der Waals surface area contributed by atoms with Crippen molar-refractivity contribution in [1.29, 1.82) is 0 Å². The number of hydrogen-bond donors (Lipinski definition) is 2. The van der Waals surface area contributed by atoms with Crippen molar-refractivity contribution in [3.05, 3.63) is 33.9 Å². The van der Waals surface area contributed by atoms with Gasteiger partial charge in [0.25, 0.3) is 5.69 Å². The number of hydrogen-bond acceptors (Lipinski definition) is 4. The molecule has 6 nitrogen and oxygen atoms in total. The van der Waals surface area contributed by atoms with Gasteiger partial charge in [-0.05, 0) is 33.8 Å². The molecule has 1 rings (SSSR count). The van der Waals surface area contributed by atoms with Gasteiger partial charge in [0.15, 0.2) is 0 Å². The fourth-order valence-electron chi connectivity index (χ4n) is 1.73. The lowest BCUT2D eigenvalue weighted by atomic mass is 10.1. The van der Waals surface area contributed by atoms with Crippen molar-refractivity contribution in [1.82, 2.24) is 5.32 Å². The van der Waals surface area contributed by atoms with Crippen molar-refractivity contribution < 1.29 is 9.72 Å². The Bertz CT molecular complexity index is 486. The number of carbonyl (C=O) groups excluding carboxylic acids is 1. The summed E-state index contributed by atoms with van der Waals surface area (Å²) in [5.41, 5.74) is 0.926. The van der Waals surface area contributed by atoms with Crippen LogP contribution in [0.5, 0.6) is 0 Å². The summed E-state index contributed by atoms with van der Waals surface area (Å²) >= 11 is 0. The maximum Gasteiger partial charge on any atom is 0.295 e. The molecule has 1 aromatic carbocycles. The van der Waals surface area contributed by atoms with E-state index in [4.69, 9.17) is 0 Å². The lowest BCUT2D eigenvalue weighted by molar-refractivity contribution is -0.384. The third-order valence-electron chi connectivity index (χ3n) is 2.62. The molecule has 0 saturated heterocycles. The van der Waals surface area contributed by atoms with Crippen molar-refractivity contribution in [2.24, 2.45) is 0 Å². The highest BCUT2D eigenvalue weighted by Crippen LogP contribution is 2.28. The summed E-state index contributed by atoms with van der Waals surface area (Å²) in [6, 6.07) is 4.48. The number of nitro benzene ring substituents is 1. The lowest BCUT2D eigenvalue weighted by Gasteiger charge is -2.17. The van der Waals surface area contributed by atoms with Gasteiger partial charge in [0.1, 0.15) is 11.7 Å². The van der Waals surface area contributed by atoms with Gasteiger partial charge in [-0.2, -0.15) is 0 Å². The topological polar surface area (TPSA) is 84.3 Å². The molecule has 0 heterocycles. The highest BCUT2D eigenvalue weighted by atomic mass is 16.6. The van der Waals surface area contributed by atoms with Crippen LogP contribution in [0.25, 0.3) is 0 Å². The molecular formula is C13H19N3O3. The predicted octanol–water partition coefficient (Wildman–Crippen LogP) is 2.23. The smallest absolute Gasteiger partial charge is 0.295 e. The van der Waals surface area contributed by atoms with Crippen molar-refractivity contribution in [2.45, 2.75) is 39.8 Å². The van der Waals surface area contributed by atoms with Gasteiger partial charge in [-0.3, -0.25) is 14.9 Å². The standard InChI is InChI=1S/C13H19N3O3/c1-8(2)14-13(17)10(4)15-11-7-5-6-9(3)12(11)16(18)19/h5-8,10,15H,1-4H3,(H,14,17). The number of nitrogens with zero attached hydrogens (tertiary/aromatic N) is 1. The number of benzene rings is 1. The van der Waals surface area contributed by atoms with Crippen LogP contribution in [-0.2, 0) is 4.79 Å². The quantitative estimate of drug-likeness (QED) is 0.631. The lowest BCUT2D eigenvalue weighted by Crippen LogP contribution is -2.41. The van der Waals surface area contributed by atoms with Crippen molar-refractivity contribution in [3.63, 3.8) is 0 Å². The molecule has 0 bridgehead atoms. The number of rotatable bonds is 5. The van der Waals surface area contributed by atoms with E-state index in [0.29, 0.717) is 11.3 Å². The molecule has 0 aromatic heterocycles. The molecule has 0 aliphatic carbocycles. The number of nitro groups is 1. The molecule has 1 aromatic rings. The molecule has 0 fully saturated rings. The van der Waals surface area contributed by atoms with E-state index in [1.54, 1.807) is 32.0 Å². The van der Waals surface area contributed by atoms with Crippen LogP contribution in [0.3, 0.4) is 0 Å². The molecule has 1 unspecified atom stereocenters. The SMILES string of the molecule is Cc1cccc(NC(C)C(=O)NC(C)C)c1[N+](=O)[O-]. The molecule has 0 aliphatic heterocycles. The fraction of sp³-hybridized carbons (Fsp3) is 0.462. The third kappa shape index (κ3) is 3.94. The highest BCUT2D eigenvalue weighted by molar-refractivity contribution is 5.85. The summed E-state index contributed by atoms with van der Waals surface area (Å²) in [4.78, 5) is 22.4. The van der Waals surface area contributed by atoms with Gasteiger partial charge in [0.05, 0.1) is 4.92 Å². The maximum absolute atomic E-state index is 11.8. The van der Waals surface area contributed by atoms with Crippen molar-refractivity contribution in [2.75, 3.05) is 5.32 Å². The Hall–Kier alpha value is -2.11. The zero-order valence-corrected chi connectivity index (χ0v) is 11.6. The highest BCUT2D eigenvalue weighted by Gasteiger charge is 2.20. The zero-order valence-electron chi connectivity index (χ0n) is 11.6. The van der Waals surface area contributed by atoms with Gasteiger partial charge < -0.3 is 10.6 Å². The Labute approximate surface area is 112 Å². The molecule has 19 heavy (non-hydrogen) atoms. The Kier molecular flexibility index (Phi) is 4.86. The van der Waals surface area contributed by atoms with Gasteiger partial charge in [-0.25, -0.2) is 0 Å². The van der Waals surface area contributed by atoms with E-state index in [1.807, 2.05) is 13.8 Å². The van der Waals surface area contributed by atoms with Gasteiger partial charge >= 0.3 is 0 Å². The van der Waals surface area contributed by atoms with E-state index in [2.05, 4.69) is 10.6 Å². The number of amides is 1. The normalized spacial score (nSPS) is 12.1. The average molecular weight is 265 g/mol. The van der Waals surface area contributed by atoms with Crippen molar-refractivity contribution >= 4 is 17.3 Å². The van der Waals surface area contributed by atoms with E-state index in [1.165, 1.54) is 0 Å². The summed E-state index contributed by atoms with van der Waals surface area (Å²) < 4.78 is 0. The summed E-state index contributed by atoms with van der Waals surface area (Å²) in [6.45, 7) is 7.06. The Morgan fingerprint density at radius 3 is 2.47 bits per heavy atom. The maximum atomic E-state index is 11.8. The molecule has 2 N–H and O–H groups in total. The molecule has 0 spiro atoms. The summed E-state index contributed by atoms with van der Waals surface area (Å²) in [5, 5.41) is 16.7. The molecule has 1 amide bonds. The van der Waals surface area contributed by atoms with Crippen LogP contribution in [0, 0.1) is 17.0 Å². The minimum atomic E-state index is -0.539. The van der Waals surface area contributed by atoms with Gasteiger partial charge in [-0.1, -0.05) is 12.1 Å². The number of carbonyl (C=O) groups is 1. The summed E-state index contributed by atoms with van der Waals surface area (Å²) in [6.07, 6.45) is 0. The monoisotopic (exact) mass is 265 g/mol. The van der Waals surface area contributed by atoms with Crippen LogP contribution in [0.2, 0.25) is 0 Å². The summed E-state index contributed by atoms with van der Waals surface area (Å²) in [7, 11) is 0. The molecule has 0 aliphatic rings. The van der Waals surface area contributed by atoms with Crippen LogP contribution in [0.4, 0.5) is 11.4 Å². The van der Waals surface area contributed by atoms with Crippen molar-refractivity contribution in [3.8, 4) is 0 Å². The Morgan fingerprint density at radius 2 is 1.95 bits per heavy atom. The zero-order chi connectivity index (χ0) is 14.6. The molecule has 104 valence electrons. The van der Waals surface area contributed by atoms with Gasteiger partial charge in [-0.15, -0.1) is 0 Å². The van der Waals surface area contributed by atoms with Crippen LogP contribution in [0.15, 0.2) is 18.2 Å². The van der Waals surface area contributed by atoms with Crippen LogP contribution < -0.4 is 10.6 Å². The largest absolute Gasteiger partial charge is 0.368 e. The average Bonchev–Trinajstić information content (AvgIpc) is 2.27. The van der Waals surface area contributed by atoms with Crippen LogP contribution >= 0.6 is 0 Å². The third-order valence-corrected chi connectivity index (χ3v) is 2.62. The first-order valence-electron chi connectivity index (χ1n) is 6.13. The molecule has 1 atom stereocenters. The fourth-order valence-corrected chi connectivity index (χ4v) is 1.73. The molecule has 0 radical (unpaired) electrons. The molecule has 0 saturated carbocycles. The van der Waals surface area contributed by atoms with Crippen LogP contribution in [0.1, 0.15) is 26.3 Å². The van der Waals surface area contributed by atoms with E-state index < -0.39 is 11.0 Å². The van der Waals surface area contributed by atoms with E-state index >= 15 is 0 Å². The minimum absolute atomic E-state index is 0.00620. The van der Waals surface area contributed by atoms with Gasteiger partial charge in [0, 0.05) is 11.6 Å². The Balaban J connectivity index is 2.91. The molecular weight excluding hydrogens is 246 g/mol. The number of para-hydroxylation sites is 1. The van der Waals surface area contributed by atoms with Gasteiger partial charge in [0.2, 0.25) is 5.91 Å². The second kappa shape index (κ2) is 6.17. The number of aryl methyl sites for hydroxylation is 1. The first-order chi connectivity index (χ1) is 8.82. The second-order valence-electron chi connectivity index (χ2n) is 4.76. The van der Waals surface area contributed by atoms with E-state index in [-0.39, 0.29) is 17.6 Å². The summed E-state index contributed by atoms with van der Waals surface area (Å²) in [5.74, 6) is -0.189. The van der Waals surface area contributed by atoms with E-state index in [0.717, 1.165) is 0 Å². The first-order valence-corrected chi connectivity index (χ1v) is 6.13. The predicted molar refractivity (Wildman–Crippen MR) is 74.2 cm³/mol. The van der Waals surface area contributed by atoms with Crippen LogP contribution in [-0.4, -0.2) is 22.9 Å². The van der Waals surface area contributed by atoms with E-state index in [9.17, 15) is 14.9 Å². The second-order valence-corrected chi connectivity index (χ2v) is 4.76. The minimum Gasteiger partial charge on any atom is -0.368 e.